The van der Waals surface area contributed by atoms with E-state index < -0.39 is 5.60 Å². The van der Waals surface area contributed by atoms with Crippen molar-refractivity contribution in [2.75, 3.05) is 0 Å². The van der Waals surface area contributed by atoms with Gasteiger partial charge < -0.3 is 5.11 Å². The van der Waals surface area contributed by atoms with Gasteiger partial charge >= 0.3 is 0 Å². The highest BCUT2D eigenvalue weighted by atomic mass is 16.3. The van der Waals surface area contributed by atoms with Gasteiger partial charge in [-0.3, -0.25) is 0 Å². The number of benzene rings is 2. The number of aliphatic hydroxyl groups is 1. The van der Waals surface area contributed by atoms with Gasteiger partial charge in [-0.05, 0) is 35.5 Å². The van der Waals surface area contributed by atoms with Crippen LogP contribution in [-0.2, 0) is 0 Å². The van der Waals surface area contributed by atoms with Crippen LogP contribution in [0.3, 0.4) is 0 Å². The molecule has 1 heteroatoms. The molecular formula is C22H24O. The van der Waals surface area contributed by atoms with E-state index in [0.29, 0.717) is 11.8 Å². The Hall–Kier alpha value is -1.86. The van der Waals surface area contributed by atoms with E-state index in [9.17, 15) is 5.11 Å². The molecule has 0 aromatic heterocycles. The van der Waals surface area contributed by atoms with Crippen LogP contribution in [0.4, 0.5) is 0 Å². The van der Waals surface area contributed by atoms with E-state index >= 15 is 0 Å². The number of hydrogen-bond donors (Lipinski definition) is 1. The smallest absolute Gasteiger partial charge is 0.0724 e. The van der Waals surface area contributed by atoms with E-state index in [1.165, 1.54) is 23.1 Å². The first-order chi connectivity index (χ1) is 11.3. The standard InChI is InChI=1S/C22H24O/c23-22-14-8-7-13-21(22)20(18-11-5-2-6-12-18)15-19(16-22)17-9-3-1-4-10-17/h1-6,9-12,15,20-21,23H,7-8,13-14,16H2/t20?,21-,22-/m1/s1. The molecule has 0 radical (unpaired) electrons. The molecule has 23 heavy (non-hydrogen) atoms. The zero-order chi connectivity index (χ0) is 15.7. The molecule has 1 fully saturated rings. The fourth-order valence-electron chi connectivity index (χ4n) is 4.56. The summed E-state index contributed by atoms with van der Waals surface area (Å²) in [5, 5.41) is 11.4. The Morgan fingerprint density at radius 3 is 2.30 bits per heavy atom. The molecule has 0 amide bonds. The van der Waals surface area contributed by atoms with E-state index in [4.69, 9.17) is 0 Å². The van der Waals surface area contributed by atoms with Crippen LogP contribution >= 0.6 is 0 Å². The van der Waals surface area contributed by atoms with Crippen molar-refractivity contribution in [1.82, 2.24) is 0 Å². The SMILES string of the molecule is O[C@@]12CCCC[C@@H]1C(c1ccccc1)C=C(c1ccccc1)C2. The highest BCUT2D eigenvalue weighted by Crippen LogP contribution is 2.51. The maximum absolute atomic E-state index is 11.4. The Balaban J connectivity index is 1.80. The Labute approximate surface area is 138 Å². The van der Waals surface area contributed by atoms with E-state index in [1.807, 2.05) is 0 Å². The monoisotopic (exact) mass is 304 g/mol. The summed E-state index contributed by atoms with van der Waals surface area (Å²) in [7, 11) is 0. The van der Waals surface area contributed by atoms with Crippen molar-refractivity contribution in [1.29, 1.82) is 0 Å². The third-order valence-electron chi connectivity index (χ3n) is 5.70. The molecule has 1 unspecified atom stereocenters. The number of fused-ring (bicyclic) bond motifs is 1. The molecule has 0 spiro atoms. The van der Waals surface area contributed by atoms with Gasteiger partial charge in [0.05, 0.1) is 5.60 Å². The van der Waals surface area contributed by atoms with Crippen molar-refractivity contribution >= 4 is 5.57 Å². The lowest BCUT2D eigenvalue weighted by atomic mass is 9.61. The number of allylic oxidation sites excluding steroid dienone is 1. The van der Waals surface area contributed by atoms with Gasteiger partial charge in [-0.2, -0.15) is 0 Å². The Kier molecular flexibility index (Phi) is 3.82. The van der Waals surface area contributed by atoms with Crippen molar-refractivity contribution in [3.8, 4) is 0 Å². The summed E-state index contributed by atoms with van der Waals surface area (Å²) in [6, 6.07) is 21.3. The first-order valence-electron chi connectivity index (χ1n) is 8.80. The molecule has 0 aliphatic heterocycles. The first kappa shape index (κ1) is 14.7. The summed E-state index contributed by atoms with van der Waals surface area (Å²) in [6.07, 6.45) is 7.68. The highest BCUT2D eigenvalue weighted by Gasteiger charge is 2.46. The number of hydrogen-bond acceptors (Lipinski definition) is 1. The normalized spacial score (nSPS) is 30.4. The Bertz CT molecular complexity index is 688. The van der Waals surface area contributed by atoms with Crippen LogP contribution in [0.1, 0.15) is 49.1 Å². The molecular weight excluding hydrogens is 280 g/mol. The summed E-state index contributed by atoms with van der Waals surface area (Å²) in [5.74, 6) is 0.677. The largest absolute Gasteiger partial charge is 0.389 e. The predicted octanol–water partition coefficient (Wildman–Crippen LogP) is 5.18. The van der Waals surface area contributed by atoms with Crippen molar-refractivity contribution in [3.05, 3.63) is 77.9 Å². The molecule has 0 bridgehead atoms. The third-order valence-corrected chi connectivity index (χ3v) is 5.70. The van der Waals surface area contributed by atoms with Crippen LogP contribution < -0.4 is 0 Å². The zero-order valence-electron chi connectivity index (χ0n) is 13.5. The summed E-state index contributed by atoms with van der Waals surface area (Å²) in [4.78, 5) is 0. The lowest BCUT2D eigenvalue weighted by molar-refractivity contribution is -0.0532. The van der Waals surface area contributed by atoms with Crippen molar-refractivity contribution < 1.29 is 5.11 Å². The van der Waals surface area contributed by atoms with Gasteiger partial charge in [-0.25, -0.2) is 0 Å². The molecule has 2 aliphatic carbocycles. The first-order valence-corrected chi connectivity index (χ1v) is 8.80. The average molecular weight is 304 g/mol. The second kappa shape index (κ2) is 5.98. The summed E-state index contributed by atoms with van der Waals surface area (Å²) < 4.78 is 0. The van der Waals surface area contributed by atoms with E-state index in [-0.39, 0.29) is 0 Å². The maximum Gasteiger partial charge on any atom is 0.0724 e. The van der Waals surface area contributed by atoms with Crippen molar-refractivity contribution in [2.24, 2.45) is 5.92 Å². The highest BCUT2D eigenvalue weighted by molar-refractivity contribution is 5.69. The minimum Gasteiger partial charge on any atom is -0.389 e. The van der Waals surface area contributed by atoms with Gasteiger partial charge in [-0.15, -0.1) is 0 Å². The van der Waals surface area contributed by atoms with Crippen LogP contribution in [-0.4, -0.2) is 10.7 Å². The molecule has 0 saturated heterocycles. The van der Waals surface area contributed by atoms with Gasteiger partial charge in [-0.1, -0.05) is 79.6 Å². The summed E-state index contributed by atoms with van der Waals surface area (Å²) >= 11 is 0. The van der Waals surface area contributed by atoms with Gasteiger partial charge in [0.15, 0.2) is 0 Å². The predicted molar refractivity (Wildman–Crippen MR) is 95.1 cm³/mol. The fraction of sp³-hybridized carbons (Fsp3) is 0.364. The fourth-order valence-corrected chi connectivity index (χ4v) is 4.56. The lowest BCUT2D eigenvalue weighted by Gasteiger charge is -2.47. The maximum atomic E-state index is 11.4. The second-order valence-corrected chi connectivity index (χ2v) is 7.13. The van der Waals surface area contributed by atoms with Crippen LogP contribution in [0.5, 0.6) is 0 Å². The summed E-state index contributed by atoms with van der Waals surface area (Å²) in [6.45, 7) is 0. The summed E-state index contributed by atoms with van der Waals surface area (Å²) in [5.41, 5.74) is 3.36. The molecule has 1 nitrogen and oxygen atoms in total. The molecule has 2 aromatic rings. The second-order valence-electron chi connectivity index (χ2n) is 7.13. The molecule has 2 aliphatic rings. The Morgan fingerprint density at radius 1 is 0.870 bits per heavy atom. The van der Waals surface area contributed by atoms with Gasteiger partial charge in [0.25, 0.3) is 0 Å². The zero-order valence-corrected chi connectivity index (χ0v) is 13.5. The quantitative estimate of drug-likeness (QED) is 0.810. The molecule has 0 heterocycles. The third kappa shape index (κ3) is 2.74. The van der Waals surface area contributed by atoms with Crippen LogP contribution in [0.2, 0.25) is 0 Å². The molecule has 1 N–H and O–H groups in total. The Morgan fingerprint density at radius 2 is 1.57 bits per heavy atom. The van der Waals surface area contributed by atoms with E-state index in [1.54, 1.807) is 0 Å². The van der Waals surface area contributed by atoms with Crippen molar-refractivity contribution in [3.63, 3.8) is 0 Å². The van der Waals surface area contributed by atoms with Crippen LogP contribution in [0, 0.1) is 5.92 Å². The number of rotatable bonds is 2. The lowest BCUT2D eigenvalue weighted by Crippen LogP contribution is -2.45. The van der Waals surface area contributed by atoms with E-state index in [0.717, 1.165) is 25.7 Å². The van der Waals surface area contributed by atoms with Crippen LogP contribution in [0.25, 0.3) is 5.57 Å². The topological polar surface area (TPSA) is 20.2 Å². The molecule has 118 valence electrons. The molecule has 4 rings (SSSR count). The van der Waals surface area contributed by atoms with E-state index in [2.05, 4.69) is 66.7 Å². The van der Waals surface area contributed by atoms with Gasteiger partial charge in [0, 0.05) is 12.3 Å². The molecule has 2 aromatic carbocycles. The molecule has 3 atom stereocenters. The average Bonchev–Trinajstić information content (AvgIpc) is 2.61. The van der Waals surface area contributed by atoms with Crippen LogP contribution in [0.15, 0.2) is 66.7 Å². The van der Waals surface area contributed by atoms with Gasteiger partial charge in [0.2, 0.25) is 0 Å². The molecule has 1 saturated carbocycles. The van der Waals surface area contributed by atoms with Crippen molar-refractivity contribution in [2.45, 2.75) is 43.6 Å². The van der Waals surface area contributed by atoms with Gasteiger partial charge in [0.1, 0.15) is 0 Å². The minimum atomic E-state index is -0.543. The minimum absolute atomic E-state index is 0.324.